The minimum Gasteiger partial charge on any atom is -0.496 e. The molecule has 0 fully saturated rings. The minimum atomic E-state index is -0.528. The monoisotopic (exact) mass is 344 g/mol. The van der Waals surface area contributed by atoms with Crippen molar-refractivity contribution in [1.82, 2.24) is 10.2 Å². The summed E-state index contributed by atoms with van der Waals surface area (Å²) >= 11 is 1.52. The first kappa shape index (κ1) is 16.0. The summed E-state index contributed by atoms with van der Waals surface area (Å²) in [5, 5.41) is 13.9. The van der Waals surface area contributed by atoms with Crippen LogP contribution in [0.3, 0.4) is 0 Å². The molecule has 0 saturated heterocycles. The number of methoxy groups -OCH3 is 1. The number of oxime groups is 1. The summed E-state index contributed by atoms with van der Waals surface area (Å²) in [6.07, 6.45) is -0.528. The van der Waals surface area contributed by atoms with Gasteiger partial charge in [-0.25, -0.2) is 0 Å². The summed E-state index contributed by atoms with van der Waals surface area (Å²) in [4.78, 5) is 6.29. The van der Waals surface area contributed by atoms with Crippen LogP contribution in [0.1, 0.15) is 24.5 Å². The summed E-state index contributed by atoms with van der Waals surface area (Å²) in [6.45, 7) is 1.75. The highest BCUT2D eigenvalue weighted by Gasteiger charge is 2.17. The predicted octanol–water partition coefficient (Wildman–Crippen LogP) is 3.20. The second kappa shape index (κ2) is 7.14. The second-order valence-corrected chi connectivity index (χ2v) is 5.79. The molecule has 0 amide bonds. The van der Waals surface area contributed by atoms with Gasteiger partial charge in [-0.3, -0.25) is 0 Å². The average Bonchev–Trinajstić information content (AvgIpc) is 3.30. The number of para-hydroxylation sites is 1. The molecule has 0 aliphatic carbocycles. The molecular formula is C16H16N4O3S. The van der Waals surface area contributed by atoms with Crippen molar-refractivity contribution in [2.24, 2.45) is 10.9 Å². The van der Waals surface area contributed by atoms with Crippen molar-refractivity contribution in [3.05, 3.63) is 53.2 Å². The maximum atomic E-state index is 5.96. The lowest BCUT2D eigenvalue weighted by atomic mass is 10.2. The highest BCUT2D eigenvalue weighted by Crippen LogP contribution is 2.26. The normalized spacial score (nSPS) is 12.8. The van der Waals surface area contributed by atoms with Gasteiger partial charge in [0.1, 0.15) is 5.75 Å². The van der Waals surface area contributed by atoms with Crippen LogP contribution in [-0.4, -0.2) is 23.1 Å². The molecular weight excluding hydrogens is 328 g/mol. The molecule has 1 unspecified atom stereocenters. The van der Waals surface area contributed by atoms with Gasteiger partial charge in [0, 0.05) is 0 Å². The Morgan fingerprint density at radius 2 is 2.08 bits per heavy atom. The zero-order valence-electron chi connectivity index (χ0n) is 13.2. The Bertz CT molecular complexity index is 829. The van der Waals surface area contributed by atoms with Gasteiger partial charge in [0.15, 0.2) is 5.84 Å². The number of benzene rings is 1. The largest absolute Gasteiger partial charge is 0.496 e. The Kier molecular flexibility index (Phi) is 4.76. The molecule has 0 radical (unpaired) electrons. The number of hydrogen-bond acceptors (Lipinski definition) is 7. The Balaban J connectivity index is 1.72. The van der Waals surface area contributed by atoms with Crippen LogP contribution in [0.15, 0.2) is 51.4 Å². The van der Waals surface area contributed by atoms with E-state index in [9.17, 15) is 0 Å². The van der Waals surface area contributed by atoms with Crippen LogP contribution in [0.5, 0.6) is 5.75 Å². The molecule has 2 aromatic heterocycles. The fraction of sp³-hybridized carbons (Fsp3) is 0.188. The van der Waals surface area contributed by atoms with Gasteiger partial charge in [0.05, 0.1) is 17.6 Å². The number of ether oxygens (including phenoxy) is 1. The first-order valence-corrected chi connectivity index (χ1v) is 8.07. The first-order valence-electron chi connectivity index (χ1n) is 7.19. The Labute approximate surface area is 142 Å². The number of thiophene rings is 1. The van der Waals surface area contributed by atoms with Gasteiger partial charge in [-0.05, 0) is 30.5 Å². The molecule has 1 atom stereocenters. The van der Waals surface area contributed by atoms with Gasteiger partial charge in [-0.2, -0.15) is 0 Å². The molecule has 0 spiro atoms. The summed E-state index contributed by atoms with van der Waals surface area (Å²) in [5.74, 6) is 1.61. The van der Waals surface area contributed by atoms with Gasteiger partial charge < -0.3 is 19.7 Å². The van der Waals surface area contributed by atoms with Crippen molar-refractivity contribution in [1.29, 1.82) is 0 Å². The van der Waals surface area contributed by atoms with E-state index in [2.05, 4.69) is 15.4 Å². The molecule has 0 aliphatic heterocycles. The number of hydrogen-bond donors (Lipinski definition) is 1. The molecule has 2 N–H and O–H groups in total. The molecule has 0 bridgehead atoms. The summed E-state index contributed by atoms with van der Waals surface area (Å²) < 4.78 is 10.8. The lowest BCUT2D eigenvalue weighted by molar-refractivity contribution is 0.0526. The van der Waals surface area contributed by atoms with Crippen LogP contribution in [0.2, 0.25) is 0 Å². The summed E-state index contributed by atoms with van der Waals surface area (Å²) in [7, 11) is 1.57. The predicted molar refractivity (Wildman–Crippen MR) is 90.8 cm³/mol. The topological polar surface area (TPSA) is 95.8 Å². The van der Waals surface area contributed by atoms with E-state index in [-0.39, 0.29) is 5.84 Å². The molecule has 0 saturated carbocycles. The fourth-order valence-corrected chi connectivity index (χ4v) is 2.63. The summed E-state index contributed by atoms with van der Waals surface area (Å²) in [6, 6.07) is 11.1. The van der Waals surface area contributed by atoms with E-state index in [1.54, 1.807) is 26.2 Å². The SMILES string of the molecule is COc1ccccc1C(N)=NOC(C)c1nnc(-c2cccs2)o1. The smallest absolute Gasteiger partial charge is 0.259 e. The van der Waals surface area contributed by atoms with Gasteiger partial charge in [0.25, 0.3) is 11.8 Å². The molecule has 8 heteroatoms. The fourth-order valence-electron chi connectivity index (χ4n) is 1.99. The van der Waals surface area contributed by atoms with Gasteiger partial charge in [0.2, 0.25) is 6.10 Å². The first-order chi connectivity index (χ1) is 11.7. The van der Waals surface area contributed by atoms with Crippen LogP contribution in [0.25, 0.3) is 10.8 Å². The third-order valence-electron chi connectivity index (χ3n) is 3.21. The van der Waals surface area contributed by atoms with Gasteiger partial charge >= 0.3 is 0 Å². The molecule has 7 nitrogen and oxygen atoms in total. The molecule has 3 rings (SSSR count). The molecule has 124 valence electrons. The Hall–Kier alpha value is -2.87. The van der Waals surface area contributed by atoms with Crippen LogP contribution in [0, 0.1) is 0 Å². The van der Waals surface area contributed by atoms with Gasteiger partial charge in [-0.15, -0.1) is 21.5 Å². The van der Waals surface area contributed by atoms with Crippen molar-refractivity contribution in [3.8, 4) is 16.5 Å². The van der Waals surface area contributed by atoms with Crippen molar-refractivity contribution in [2.45, 2.75) is 13.0 Å². The van der Waals surface area contributed by atoms with Crippen molar-refractivity contribution >= 4 is 17.2 Å². The summed E-state index contributed by atoms with van der Waals surface area (Å²) in [5.41, 5.74) is 6.61. The Morgan fingerprint density at radius 3 is 2.83 bits per heavy atom. The maximum Gasteiger partial charge on any atom is 0.259 e. The van der Waals surface area contributed by atoms with Crippen LogP contribution < -0.4 is 10.5 Å². The zero-order valence-corrected chi connectivity index (χ0v) is 14.0. The van der Waals surface area contributed by atoms with E-state index >= 15 is 0 Å². The van der Waals surface area contributed by atoms with Crippen LogP contribution >= 0.6 is 11.3 Å². The van der Waals surface area contributed by atoms with Crippen molar-refractivity contribution < 1.29 is 14.0 Å². The molecule has 2 heterocycles. The quantitative estimate of drug-likeness (QED) is 0.419. The van der Waals surface area contributed by atoms with E-state index in [1.165, 1.54) is 11.3 Å². The lowest BCUT2D eigenvalue weighted by Crippen LogP contribution is -2.15. The van der Waals surface area contributed by atoms with Crippen molar-refractivity contribution in [2.75, 3.05) is 7.11 Å². The number of nitrogens with two attached hydrogens (primary N) is 1. The highest BCUT2D eigenvalue weighted by atomic mass is 32.1. The van der Waals surface area contributed by atoms with E-state index in [4.69, 9.17) is 19.7 Å². The highest BCUT2D eigenvalue weighted by molar-refractivity contribution is 7.13. The molecule has 24 heavy (non-hydrogen) atoms. The van der Waals surface area contributed by atoms with E-state index < -0.39 is 6.10 Å². The molecule has 1 aromatic carbocycles. The maximum absolute atomic E-state index is 5.96. The second-order valence-electron chi connectivity index (χ2n) is 4.85. The number of aromatic nitrogens is 2. The standard InChI is InChI=1S/C16H16N4O3S/c1-10(15-18-19-16(22-15)13-8-5-9-24-13)23-20-14(17)11-6-3-4-7-12(11)21-2/h3-10H,1-2H3,(H2,17,20). The zero-order chi connectivity index (χ0) is 16.9. The van der Waals surface area contributed by atoms with E-state index in [0.717, 1.165) is 4.88 Å². The average molecular weight is 344 g/mol. The molecule has 0 aliphatic rings. The van der Waals surface area contributed by atoms with E-state index in [1.807, 2.05) is 29.6 Å². The Morgan fingerprint density at radius 1 is 1.25 bits per heavy atom. The lowest BCUT2D eigenvalue weighted by Gasteiger charge is -2.09. The third-order valence-corrected chi connectivity index (χ3v) is 4.07. The number of amidine groups is 1. The van der Waals surface area contributed by atoms with Crippen LogP contribution in [-0.2, 0) is 4.84 Å². The third kappa shape index (κ3) is 3.38. The van der Waals surface area contributed by atoms with Crippen LogP contribution in [0.4, 0.5) is 0 Å². The van der Waals surface area contributed by atoms with Gasteiger partial charge in [-0.1, -0.05) is 23.4 Å². The van der Waals surface area contributed by atoms with E-state index in [0.29, 0.717) is 23.1 Å². The number of rotatable bonds is 6. The minimum absolute atomic E-state index is 0.206. The van der Waals surface area contributed by atoms with Crippen molar-refractivity contribution in [3.63, 3.8) is 0 Å². The molecule has 3 aromatic rings. The number of nitrogens with zero attached hydrogens (tertiary/aromatic N) is 3.